The lowest BCUT2D eigenvalue weighted by Gasteiger charge is -2.21. The minimum Gasteiger partial charge on any atom is -0.508 e. The molecule has 0 fully saturated rings. The molecule has 0 aromatic heterocycles. The molecule has 0 atom stereocenters. The molecule has 0 heterocycles. The van der Waals surface area contributed by atoms with Crippen molar-refractivity contribution in [3.63, 3.8) is 0 Å². The lowest BCUT2D eigenvalue weighted by atomic mass is 9.85. The Bertz CT molecular complexity index is 1230. The Morgan fingerprint density at radius 1 is 0.758 bits per heavy atom. The predicted octanol–water partition coefficient (Wildman–Crippen LogP) is 5.54. The average Bonchev–Trinajstić information content (AvgIpc) is 2.70. The fourth-order valence-electron chi connectivity index (χ4n) is 3.25. The predicted molar refractivity (Wildman–Crippen MR) is 130 cm³/mol. The quantitative estimate of drug-likeness (QED) is 0.573. The van der Waals surface area contributed by atoms with Gasteiger partial charge in [0.15, 0.2) is 9.81 Å². The van der Waals surface area contributed by atoms with Gasteiger partial charge in [0.05, 0.1) is 0 Å². The fourth-order valence-corrected chi connectivity index (χ4v) is 4.31. The van der Waals surface area contributed by atoms with Gasteiger partial charge in [0.2, 0.25) is 9.84 Å². The van der Waals surface area contributed by atoms with Gasteiger partial charge in [-0.2, -0.15) is 10.5 Å². The number of allylic oxidation sites excluding steroid dienone is 2. The second-order valence-electron chi connectivity index (χ2n) is 9.80. The van der Waals surface area contributed by atoms with Crippen molar-refractivity contribution in [2.75, 3.05) is 0 Å². The van der Waals surface area contributed by atoms with E-state index in [-0.39, 0.29) is 11.5 Å². The highest BCUT2D eigenvalue weighted by Crippen LogP contribution is 2.34. The molecule has 2 N–H and O–H groups in total. The van der Waals surface area contributed by atoms with Gasteiger partial charge in [-0.25, -0.2) is 8.42 Å². The summed E-state index contributed by atoms with van der Waals surface area (Å²) in [5.74, 6) is 0.140. The number of nitriles is 2. The first kappa shape index (κ1) is 25.7. The lowest BCUT2D eigenvalue weighted by molar-refractivity contribution is 0.446. The summed E-state index contributed by atoms with van der Waals surface area (Å²) in [7, 11) is -4.40. The maximum absolute atomic E-state index is 13.1. The van der Waals surface area contributed by atoms with Gasteiger partial charge < -0.3 is 10.2 Å². The van der Waals surface area contributed by atoms with E-state index in [9.17, 15) is 29.2 Å². The molecule has 7 heteroatoms. The third kappa shape index (κ3) is 5.83. The molecule has 0 radical (unpaired) electrons. The summed E-state index contributed by atoms with van der Waals surface area (Å²) in [5, 5.41) is 39.5. The monoisotopic (exact) mass is 464 g/mol. The third-order valence-corrected chi connectivity index (χ3v) is 6.63. The molecule has 0 amide bonds. The SMILES string of the molecule is CC(C)(C)c1cc(C=C(C#N)S(=O)(=O)C(C#N)=Cc2ccc(O)c(C(C)(C)C)c2)ccc1O. The molecule has 172 valence electrons. The van der Waals surface area contributed by atoms with Crippen LogP contribution >= 0.6 is 0 Å². The van der Waals surface area contributed by atoms with Crippen LogP contribution in [0.15, 0.2) is 46.2 Å². The lowest BCUT2D eigenvalue weighted by Crippen LogP contribution is -2.11. The summed E-state index contributed by atoms with van der Waals surface area (Å²) in [5.41, 5.74) is 1.22. The highest BCUT2D eigenvalue weighted by atomic mass is 32.2. The van der Waals surface area contributed by atoms with Crippen molar-refractivity contribution < 1.29 is 18.6 Å². The molecule has 0 saturated carbocycles. The minimum atomic E-state index is -4.40. The van der Waals surface area contributed by atoms with Crippen LogP contribution in [0.2, 0.25) is 0 Å². The van der Waals surface area contributed by atoms with E-state index < -0.39 is 30.5 Å². The molecule has 33 heavy (non-hydrogen) atoms. The highest BCUT2D eigenvalue weighted by Gasteiger charge is 2.25. The van der Waals surface area contributed by atoms with Crippen molar-refractivity contribution >= 4 is 22.0 Å². The molecule has 2 aromatic carbocycles. The first-order valence-corrected chi connectivity index (χ1v) is 11.7. The van der Waals surface area contributed by atoms with Crippen LogP contribution in [0.4, 0.5) is 0 Å². The van der Waals surface area contributed by atoms with Gasteiger partial charge >= 0.3 is 0 Å². The number of benzene rings is 2. The molecular formula is C26H28N2O4S. The Labute approximate surface area is 195 Å². The Morgan fingerprint density at radius 3 is 1.36 bits per heavy atom. The van der Waals surface area contributed by atoms with Crippen molar-refractivity contribution in [2.45, 2.75) is 52.4 Å². The number of hydrogen-bond acceptors (Lipinski definition) is 6. The zero-order valence-electron chi connectivity index (χ0n) is 19.6. The maximum Gasteiger partial charge on any atom is 0.226 e. The summed E-state index contributed by atoms with van der Waals surface area (Å²) < 4.78 is 26.2. The van der Waals surface area contributed by atoms with Gasteiger partial charge in [-0.1, -0.05) is 53.7 Å². The molecule has 6 nitrogen and oxygen atoms in total. The second kappa shape index (κ2) is 9.13. The van der Waals surface area contributed by atoms with E-state index in [1.165, 1.54) is 36.4 Å². The first-order valence-electron chi connectivity index (χ1n) is 10.3. The second-order valence-corrected chi connectivity index (χ2v) is 11.7. The van der Waals surface area contributed by atoms with E-state index in [1.807, 2.05) is 41.5 Å². The minimum absolute atomic E-state index is 0.0700. The molecule has 0 aliphatic carbocycles. The van der Waals surface area contributed by atoms with E-state index >= 15 is 0 Å². The average molecular weight is 465 g/mol. The van der Waals surface area contributed by atoms with Crippen LogP contribution in [0.5, 0.6) is 11.5 Å². The topological polar surface area (TPSA) is 122 Å². The van der Waals surface area contributed by atoms with Crippen LogP contribution in [-0.2, 0) is 20.7 Å². The highest BCUT2D eigenvalue weighted by molar-refractivity contribution is 7.99. The Morgan fingerprint density at radius 2 is 1.09 bits per heavy atom. The standard InChI is InChI=1S/C26H28N2O4S/c1-25(2,3)21-13-17(7-9-23(21)29)11-19(15-27)33(31,32)20(16-28)12-18-8-10-24(30)22(14-18)26(4,5)6/h7-14,29-30H,1-6H3. The van der Waals surface area contributed by atoms with E-state index in [4.69, 9.17) is 0 Å². The van der Waals surface area contributed by atoms with Gasteiger partial charge in [-0.15, -0.1) is 0 Å². The maximum atomic E-state index is 13.1. The number of phenolic OH excluding ortho intramolecular Hbond substituents is 2. The van der Waals surface area contributed by atoms with Crippen LogP contribution in [0.1, 0.15) is 63.8 Å². The zero-order chi connectivity index (χ0) is 25.2. The van der Waals surface area contributed by atoms with E-state index in [2.05, 4.69) is 0 Å². The first-order chi connectivity index (χ1) is 15.1. The molecule has 0 spiro atoms. The Balaban J connectivity index is 2.61. The van der Waals surface area contributed by atoms with Gasteiger partial charge in [-0.05, 0) is 69.5 Å². The van der Waals surface area contributed by atoms with Crippen molar-refractivity contribution in [2.24, 2.45) is 0 Å². The Hall–Kier alpha value is -3.55. The normalized spacial score (nSPS) is 13.3. The number of aromatic hydroxyl groups is 2. The zero-order valence-corrected chi connectivity index (χ0v) is 20.4. The van der Waals surface area contributed by atoms with Crippen LogP contribution in [0.25, 0.3) is 12.2 Å². The summed E-state index contributed by atoms with van der Waals surface area (Å²) in [6, 6.07) is 12.5. The largest absolute Gasteiger partial charge is 0.508 e. The summed E-state index contributed by atoms with van der Waals surface area (Å²) in [6.07, 6.45) is 2.37. The van der Waals surface area contributed by atoms with Crippen LogP contribution in [0, 0.1) is 22.7 Å². The van der Waals surface area contributed by atoms with E-state index in [0.29, 0.717) is 22.3 Å². The molecule has 2 rings (SSSR count). The van der Waals surface area contributed by atoms with E-state index in [0.717, 1.165) is 0 Å². The fraction of sp³-hybridized carbons (Fsp3) is 0.308. The summed E-state index contributed by atoms with van der Waals surface area (Å²) in [6.45, 7) is 11.4. The number of hydrogen-bond donors (Lipinski definition) is 2. The molecule has 2 aromatic rings. The van der Waals surface area contributed by atoms with E-state index in [1.54, 1.807) is 24.3 Å². The van der Waals surface area contributed by atoms with Crippen molar-refractivity contribution in [3.8, 4) is 23.6 Å². The smallest absolute Gasteiger partial charge is 0.226 e. The molecule has 0 unspecified atom stereocenters. The summed E-state index contributed by atoms with van der Waals surface area (Å²) >= 11 is 0. The van der Waals surface area contributed by atoms with Crippen molar-refractivity contribution in [1.82, 2.24) is 0 Å². The van der Waals surface area contributed by atoms with Gasteiger partial charge in [0.1, 0.15) is 23.6 Å². The molecule has 0 aliphatic rings. The molecule has 0 saturated heterocycles. The Kier molecular flexibility index (Phi) is 7.11. The number of sulfone groups is 1. The van der Waals surface area contributed by atoms with Gasteiger partial charge in [0, 0.05) is 0 Å². The van der Waals surface area contributed by atoms with Gasteiger partial charge in [-0.3, -0.25) is 0 Å². The summed E-state index contributed by atoms with van der Waals surface area (Å²) in [4.78, 5) is -1.17. The van der Waals surface area contributed by atoms with Crippen LogP contribution in [-0.4, -0.2) is 18.6 Å². The van der Waals surface area contributed by atoms with Crippen molar-refractivity contribution in [3.05, 3.63) is 68.5 Å². The number of rotatable bonds is 4. The van der Waals surface area contributed by atoms with Crippen LogP contribution < -0.4 is 0 Å². The van der Waals surface area contributed by atoms with Crippen LogP contribution in [0.3, 0.4) is 0 Å². The molecular weight excluding hydrogens is 436 g/mol. The van der Waals surface area contributed by atoms with Crippen molar-refractivity contribution in [1.29, 1.82) is 10.5 Å². The number of phenols is 2. The third-order valence-electron chi connectivity index (χ3n) is 5.05. The molecule has 0 bridgehead atoms. The van der Waals surface area contributed by atoms with Gasteiger partial charge in [0.25, 0.3) is 0 Å². The number of nitrogens with zero attached hydrogens (tertiary/aromatic N) is 2. The molecule has 0 aliphatic heterocycles.